The second kappa shape index (κ2) is 6.46. The van der Waals surface area contributed by atoms with Crippen LogP contribution in [0.5, 0.6) is 5.75 Å². The highest BCUT2D eigenvalue weighted by Gasteiger charge is 2.28. The maximum atomic E-state index is 12.9. The number of benzene rings is 1. The van der Waals surface area contributed by atoms with E-state index >= 15 is 0 Å². The standard InChI is InChI=1S/C14H22BrFO2S/c1-14(2,3)19(4,5)18-9-8-17-13-7-6-11(16)10-12(13)15/h6-7,10H,8-9H2,1-5H3. The molecule has 0 radical (unpaired) electrons. The van der Waals surface area contributed by atoms with Gasteiger partial charge in [0.05, 0.1) is 11.1 Å². The molecule has 1 aromatic carbocycles. The Morgan fingerprint density at radius 3 is 2.37 bits per heavy atom. The summed E-state index contributed by atoms with van der Waals surface area (Å²) in [6.07, 6.45) is 4.31. The third kappa shape index (κ3) is 4.97. The minimum absolute atomic E-state index is 0.142. The van der Waals surface area contributed by atoms with Crippen LogP contribution >= 0.6 is 26.2 Å². The molecule has 0 heterocycles. The Labute approximate surface area is 125 Å². The number of hydrogen-bond donors (Lipinski definition) is 0. The van der Waals surface area contributed by atoms with Gasteiger partial charge in [0.25, 0.3) is 0 Å². The number of halogens is 2. The lowest BCUT2D eigenvalue weighted by molar-refractivity contribution is 0.229. The van der Waals surface area contributed by atoms with E-state index in [0.29, 0.717) is 23.4 Å². The van der Waals surface area contributed by atoms with E-state index in [0.717, 1.165) is 0 Å². The molecular weight excluding hydrogens is 331 g/mol. The van der Waals surface area contributed by atoms with Crippen LogP contribution < -0.4 is 4.74 Å². The Hall–Kier alpha value is -0.260. The fourth-order valence-corrected chi connectivity index (χ4v) is 2.47. The monoisotopic (exact) mass is 352 g/mol. The first-order valence-electron chi connectivity index (χ1n) is 6.08. The lowest BCUT2D eigenvalue weighted by atomic mass is 10.3. The van der Waals surface area contributed by atoms with Gasteiger partial charge in [-0.2, -0.15) is 0 Å². The summed E-state index contributed by atoms with van der Waals surface area (Å²) in [7, 11) is -1.12. The van der Waals surface area contributed by atoms with Crippen molar-refractivity contribution < 1.29 is 13.3 Å². The Bertz CT molecular complexity index is 430. The highest BCUT2D eigenvalue weighted by atomic mass is 79.9. The molecule has 0 atom stereocenters. The van der Waals surface area contributed by atoms with E-state index in [1.54, 1.807) is 6.07 Å². The van der Waals surface area contributed by atoms with Crippen LogP contribution in [0.25, 0.3) is 0 Å². The fourth-order valence-electron chi connectivity index (χ4n) is 1.16. The van der Waals surface area contributed by atoms with E-state index in [1.165, 1.54) is 12.1 Å². The molecule has 1 aromatic rings. The molecule has 0 aliphatic carbocycles. The van der Waals surface area contributed by atoms with Gasteiger partial charge in [0.1, 0.15) is 18.2 Å². The van der Waals surface area contributed by atoms with Gasteiger partial charge in [-0.3, -0.25) is 0 Å². The molecule has 19 heavy (non-hydrogen) atoms. The number of rotatable bonds is 5. The van der Waals surface area contributed by atoms with E-state index in [-0.39, 0.29) is 10.6 Å². The molecule has 1 rings (SSSR count). The van der Waals surface area contributed by atoms with Gasteiger partial charge in [-0.05, 0) is 46.6 Å². The molecule has 0 aliphatic heterocycles. The van der Waals surface area contributed by atoms with E-state index < -0.39 is 10.3 Å². The Kier molecular flexibility index (Phi) is 5.71. The third-order valence-corrected chi connectivity index (χ3v) is 7.41. The van der Waals surface area contributed by atoms with Crippen molar-refractivity contribution in [2.24, 2.45) is 0 Å². The van der Waals surface area contributed by atoms with E-state index in [2.05, 4.69) is 49.2 Å². The zero-order chi connectivity index (χ0) is 14.7. The summed E-state index contributed by atoms with van der Waals surface area (Å²) < 4.78 is 25.2. The van der Waals surface area contributed by atoms with Gasteiger partial charge in [0.15, 0.2) is 0 Å². The average Bonchev–Trinajstić information content (AvgIpc) is 2.25. The summed E-state index contributed by atoms with van der Waals surface area (Å²) in [6.45, 7) is 7.53. The molecule has 5 heteroatoms. The van der Waals surface area contributed by atoms with Crippen LogP contribution in [0.15, 0.2) is 22.7 Å². The van der Waals surface area contributed by atoms with E-state index in [1.807, 2.05) is 0 Å². The minimum Gasteiger partial charge on any atom is -0.490 e. The molecule has 0 fully saturated rings. The molecule has 110 valence electrons. The second-order valence-electron chi connectivity index (χ2n) is 5.59. The Balaban J connectivity index is 2.43. The summed E-state index contributed by atoms with van der Waals surface area (Å²) in [5, 5.41) is 0. The van der Waals surface area contributed by atoms with Crippen molar-refractivity contribution in [3.05, 3.63) is 28.5 Å². The van der Waals surface area contributed by atoms with Crippen LogP contribution in [0.2, 0.25) is 0 Å². The predicted molar refractivity (Wildman–Crippen MR) is 84.7 cm³/mol. The fraction of sp³-hybridized carbons (Fsp3) is 0.571. The van der Waals surface area contributed by atoms with Crippen molar-refractivity contribution in [2.75, 3.05) is 25.7 Å². The highest BCUT2D eigenvalue weighted by Crippen LogP contribution is 2.53. The van der Waals surface area contributed by atoms with Crippen LogP contribution in [0.4, 0.5) is 4.39 Å². The molecule has 0 N–H and O–H groups in total. The smallest absolute Gasteiger partial charge is 0.133 e. The molecule has 0 amide bonds. The summed E-state index contributed by atoms with van der Waals surface area (Å²) in [5.74, 6) is 0.349. The third-order valence-electron chi connectivity index (χ3n) is 3.09. The molecule has 0 aliphatic rings. The van der Waals surface area contributed by atoms with Crippen LogP contribution in [-0.4, -0.2) is 30.5 Å². The zero-order valence-electron chi connectivity index (χ0n) is 12.1. The van der Waals surface area contributed by atoms with Crippen molar-refractivity contribution in [3.8, 4) is 5.75 Å². The maximum absolute atomic E-state index is 12.9. The summed E-state index contributed by atoms with van der Waals surface area (Å²) >= 11 is 3.27. The Morgan fingerprint density at radius 1 is 1.21 bits per heavy atom. The number of ether oxygens (including phenoxy) is 1. The minimum atomic E-state index is -1.12. The SMILES string of the molecule is CC(C)(C)S(C)(C)OCCOc1ccc(F)cc1Br. The summed E-state index contributed by atoms with van der Waals surface area (Å²) in [5.41, 5.74) is 0. The lowest BCUT2D eigenvalue weighted by Crippen LogP contribution is -2.26. The summed E-state index contributed by atoms with van der Waals surface area (Å²) in [4.78, 5) is 0. The van der Waals surface area contributed by atoms with Crippen LogP contribution in [0.1, 0.15) is 20.8 Å². The van der Waals surface area contributed by atoms with E-state index in [4.69, 9.17) is 8.92 Å². The van der Waals surface area contributed by atoms with Gasteiger partial charge in [-0.25, -0.2) is 4.39 Å². The zero-order valence-corrected chi connectivity index (χ0v) is 14.5. The topological polar surface area (TPSA) is 18.5 Å². The molecule has 2 nitrogen and oxygen atoms in total. The lowest BCUT2D eigenvalue weighted by Gasteiger charge is -2.43. The van der Waals surface area contributed by atoms with Crippen molar-refractivity contribution in [3.63, 3.8) is 0 Å². The van der Waals surface area contributed by atoms with Crippen molar-refractivity contribution >= 4 is 26.2 Å². The normalized spacial score (nSPS) is 13.4. The largest absolute Gasteiger partial charge is 0.490 e. The van der Waals surface area contributed by atoms with Crippen molar-refractivity contribution in [1.82, 2.24) is 0 Å². The Morgan fingerprint density at radius 2 is 1.84 bits per heavy atom. The van der Waals surface area contributed by atoms with Crippen LogP contribution in [0.3, 0.4) is 0 Å². The average molecular weight is 353 g/mol. The molecule has 0 spiro atoms. The maximum Gasteiger partial charge on any atom is 0.133 e. The van der Waals surface area contributed by atoms with Gasteiger partial charge in [-0.15, -0.1) is 10.3 Å². The molecule has 0 unspecified atom stereocenters. The van der Waals surface area contributed by atoms with Crippen LogP contribution in [-0.2, 0) is 4.18 Å². The molecular formula is C14H22BrFO2S. The van der Waals surface area contributed by atoms with E-state index in [9.17, 15) is 4.39 Å². The first-order chi connectivity index (χ1) is 8.63. The second-order valence-corrected chi connectivity index (χ2v) is 10.4. The first-order valence-corrected chi connectivity index (χ1v) is 9.25. The van der Waals surface area contributed by atoms with Crippen LogP contribution in [0, 0.1) is 5.82 Å². The van der Waals surface area contributed by atoms with Crippen molar-refractivity contribution in [2.45, 2.75) is 25.5 Å². The first kappa shape index (κ1) is 16.8. The molecule has 0 bridgehead atoms. The van der Waals surface area contributed by atoms with Gasteiger partial charge in [0.2, 0.25) is 0 Å². The molecule has 0 saturated heterocycles. The quantitative estimate of drug-likeness (QED) is 0.711. The van der Waals surface area contributed by atoms with Crippen molar-refractivity contribution in [1.29, 1.82) is 0 Å². The molecule has 0 aromatic heterocycles. The number of hydrogen-bond acceptors (Lipinski definition) is 2. The summed E-state index contributed by atoms with van der Waals surface area (Å²) in [6, 6.07) is 4.38. The van der Waals surface area contributed by atoms with Gasteiger partial charge in [-0.1, -0.05) is 20.8 Å². The predicted octanol–water partition coefficient (Wildman–Crippen LogP) is 4.76. The van der Waals surface area contributed by atoms with Gasteiger partial charge in [0, 0.05) is 4.75 Å². The van der Waals surface area contributed by atoms with Gasteiger partial charge >= 0.3 is 0 Å². The highest BCUT2D eigenvalue weighted by molar-refractivity contribution is 9.10. The van der Waals surface area contributed by atoms with Gasteiger partial charge < -0.3 is 8.92 Å². The molecule has 0 saturated carbocycles.